The molecule has 1 fully saturated rings. The molecule has 0 saturated carbocycles. The number of rotatable bonds is 4. The van der Waals surface area contributed by atoms with Crippen molar-refractivity contribution in [2.24, 2.45) is 11.8 Å². The Kier molecular flexibility index (Phi) is 4.48. The number of halogens is 1. The number of hydrogen-bond acceptors (Lipinski definition) is 2. The summed E-state index contributed by atoms with van der Waals surface area (Å²) in [7, 11) is 0. The number of aromatic carboxylic acids is 1. The van der Waals surface area contributed by atoms with Gasteiger partial charge in [0, 0.05) is 24.0 Å². The Hall–Kier alpha value is -1.36. The number of amides is 1. The van der Waals surface area contributed by atoms with Gasteiger partial charge in [0.1, 0.15) is 0 Å². The first kappa shape index (κ1) is 15.0. The highest BCUT2D eigenvalue weighted by Crippen LogP contribution is 2.28. The van der Waals surface area contributed by atoms with Crippen molar-refractivity contribution in [1.29, 1.82) is 0 Å². The lowest BCUT2D eigenvalue weighted by Gasteiger charge is -2.19. The molecule has 0 aliphatic carbocycles. The highest BCUT2D eigenvalue weighted by molar-refractivity contribution is 9.10. The van der Waals surface area contributed by atoms with Crippen molar-refractivity contribution in [2.45, 2.75) is 26.8 Å². The molecule has 1 unspecified atom stereocenters. The van der Waals surface area contributed by atoms with Crippen LogP contribution in [-0.2, 0) is 11.3 Å². The van der Waals surface area contributed by atoms with Gasteiger partial charge in [-0.25, -0.2) is 4.79 Å². The highest BCUT2D eigenvalue weighted by Gasteiger charge is 2.31. The van der Waals surface area contributed by atoms with Gasteiger partial charge in [0.05, 0.1) is 5.56 Å². The molecule has 1 aromatic carbocycles. The van der Waals surface area contributed by atoms with Crippen LogP contribution in [0.5, 0.6) is 0 Å². The minimum atomic E-state index is -0.950. The van der Waals surface area contributed by atoms with Crippen LogP contribution in [0, 0.1) is 11.8 Å². The van der Waals surface area contributed by atoms with Gasteiger partial charge in [-0.15, -0.1) is 0 Å². The Bertz CT molecular complexity index is 542. The predicted octanol–water partition coefficient (Wildman–Crippen LogP) is 3.15. The first-order valence-corrected chi connectivity index (χ1v) is 7.47. The fraction of sp³-hybridized carbons (Fsp3) is 0.467. The molecule has 4 nitrogen and oxygen atoms in total. The molecule has 20 heavy (non-hydrogen) atoms. The maximum atomic E-state index is 12.0. The second kappa shape index (κ2) is 5.95. The molecule has 1 amide bonds. The summed E-state index contributed by atoms with van der Waals surface area (Å²) in [4.78, 5) is 24.7. The first-order chi connectivity index (χ1) is 9.38. The molecule has 0 radical (unpaired) electrons. The van der Waals surface area contributed by atoms with Crippen LogP contribution in [0.4, 0.5) is 0 Å². The van der Waals surface area contributed by atoms with Crippen molar-refractivity contribution >= 4 is 27.8 Å². The standard InChI is InChI=1S/C15H18BrNO3/c1-9(2)12-6-14(18)17(8-12)7-11-4-3-10(15(19)20)5-13(11)16/h3-5,9,12H,6-8H2,1-2H3,(H,19,20). The van der Waals surface area contributed by atoms with Crippen LogP contribution in [0.1, 0.15) is 36.2 Å². The van der Waals surface area contributed by atoms with E-state index in [-0.39, 0.29) is 11.5 Å². The van der Waals surface area contributed by atoms with Gasteiger partial charge in [-0.3, -0.25) is 4.79 Å². The largest absolute Gasteiger partial charge is 0.478 e. The van der Waals surface area contributed by atoms with E-state index in [1.807, 2.05) is 4.90 Å². The second-order valence-electron chi connectivity index (χ2n) is 5.59. The Labute approximate surface area is 126 Å². The summed E-state index contributed by atoms with van der Waals surface area (Å²) in [5.41, 5.74) is 1.18. The Morgan fingerprint density at radius 2 is 2.20 bits per heavy atom. The summed E-state index contributed by atoms with van der Waals surface area (Å²) in [6, 6.07) is 4.92. The molecule has 2 rings (SSSR count). The van der Waals surface area contributed by atoms with Gasteiger partial charge in [0.2, 0.25) is 5.91 Å². The summed E-state index contributed by atoms with van der Waals surface area (Å²) in [6.45, 7) is 5.59. The first-order valence-electron chi connectivity index (χ1n) is 6.68. The molecular weight excluding hydrogens is 322 g/mol. The number of benzene rings is 1. The number of carbonyl (C=O) groups is 2. The summed E-state index contributed by atoms with van der Waals surface area (Å²) >= 11 is 3.39. The summed E-state index contributed by atoms with van der Waals surface area (Å²) < 4.78 is 0.734. The van der Waals surface area contributed by atoms with Gasteiger partial charge in [0.15, 0.2) is 0 Å². The van der Waals surface area contributed by atoms with E-state index in [1.54, 1.807) is 18.2 Å². The van der Waals surface area contributed by atoms with Gasteiger partial charge in [0.25, 0.3) is 0 Å². The lowest BCUT2D eigenvalue weighted by molar-refractivity contribution is -0.128. The van der Waals surface area contributed by atoms with Gasteiger partial charge in [-0.2, -0.15) is 0 Å². The average molecular weight is 340 g/mol. The third-order valence-corrected chi connectivity index (χ3v) is 4.59. The maximum absolute atomic E-state index is 12.0. The van der Waals surface area contributed by atoms with Crippen molar-refractivity contribution in [2.75, 3.05) is 6.54 Å². The molecule has 1 aromatic rings. The van der Waals surface area contributed by atoms with Crippen LogP contribution >= 0.6 is 15.9 Å². The van der Waals surface area contributed by atoms with E-state index < -0.39 is 5.97 Å². The number of hydrogen-bond donors (Lipinski definition) is 1. The summed E-state index contributed by atoms with van der Waals surface area (Å²) in [6.07, 6.45) is 0.614. The van der Waals surface area contributed by atoms with Crippen molar-refractivity contribution in [1.82, 2.24) is 4.90 Å². The van der Waals surface area contributed by atoms with E-state index in [0.29, 0.717) is 24.8 Å². The SMILES string of the molecule is CC(C)C1CC(=O)N(Cc2ccc(C(=O)O)cc2Br)C1. The molecular formula is C15H18BrNO3. The summed E-state index contributed by atoms with van der Waals surface area (Å²) in [5, 5.41) is 8.94. The zero-order chi connectivity index (χ0) is 14.9. The van der Waals surface area contributed by atoms with Crippen LogP contribution < -0.4 is 0 Å². The van der Waals surface area contributed by atoms with Gasteiger partial charge in [-0.1, -0.05) is 35.8 Å². The fourth-order valence-corrected chi connectivity index (χ4v) is 2.92. The summed E-state index contributed by atoms with van der Waals surface area (Å²) in [5.74, 6) is 0.147. The minimum Gasteiger partial charge on any atom is -0.478 e. The lowest BCUT2D eigenvalue weighted by atomic mass is 9.95. The normalized spacial score (nSPS) is 18.9. The molecule has 1 N–H and O–H groups in total. The highest BCUT2D eigenvalue weighted by atomic mass is 79.9. The molecule has 1 heterocycles. The number of likely N-dealkylation sites (tertiary alicyclic amines) is 1. The Morgan fingerprint density at radius 1 is 1.50 bits per heavy atom. The Morgan fingerprint density at radius 3 is 2.70 bits per heavy atom. The van der Waals surface area contributed by atoms with E-state index in [1.165, 1.54) is 0 Å². The molecule has 0 spiro atoms. The third-order valence-electron chi connectivity index (χ3n) is 3.85. The predicted molar refractivity (Wildman–Crippen MR) is 79.5 cm³/mol. The zero-order valence-electron chi connectivity index (χ0n) is 11.6. The molecule has 0 bridgehead atoms. The van der Waals surface area contributed by atoms with E-state index in [0.717, 1.165) is 16.6 Å². The van der Waals surface area contributed by atoms with Gasteiger partial charge in [-0.05, 0) is 29.5 Å². The van der Waals surface area contributed by atoms with Crippen LogP contribution in [0.25, 0.3) is 0 Å². The van der Waals surface area contributed by atoms with Crippen molar-refractivity contribution < 1.29 is 14.7 Å². The molecule has 108 valence electrons. The second-order valence-corrected chi connectivity index (χ2v) is 6.45. The zero-order valence-corrected chi connectivity index (χ0v) is 13.2. The van der Waals surface area contributed by atoms with E-state index in [2.05, 4.69) is 29.8 Å². The smallest absolute Gasteiger partial charge is 0.335 e. The molecule has 0 aromatic heterocycles. The maximum Gasteiger partial charge on any atom is 0.335 e. The number of carboxylic acids is 1. The van der Waals surface area contributed by atoms with Crippen LogP contribution in [0.15, 0.2) is 22.7 Å². The van der Waals surface area contributed by atoms with Gasteiger partial charge < -0.3 is 10.0 Å². The lowest BCUT2D eigenvalue weighted by Crippen LogP contribution is -2.25. The molecule has 1 atom stereocenters. The topological polar surface area (TPSA) is 57.6 Å². The minimum absolute atomic E-state index is 0.179. The molecule has 1 saturated heterocycles. The number of carboxylic acid groups (broad SMARTS) is 1. The van der Waals surface area contributed by atoms with Crippen molar-refractivity contribution in [3.8, 4) is 0 Å². The Balaban J connectivity index is 2.11. The molecule has 1 aliphatic heterocycles. The van der Waals surface area contributed by atoms with Gasteiger partial charge >= 0.3 is 5.97 Å². The number of carbonyl (C=O) groups excluding carboxylic acids is 1. The van der Waals surface area contributed by atoms with Crippen LogP contribution in [0.3, 0.4) is 0 Å². The van der Waals surface area contributed by atoms with Crippen LogP contribution in [-0.4, -0.2) is 28.4 Å². The average Bonchev–Trinajstić information content (AvgIpc) is 2.73. The fourth-order valence-electron chi connectivity index (χ4n) is 2.42. The van der Waals surface area contributed by atoms with E-state index in [9.17, 15) is 9.59 Å². The quantitative estimate of drug-likeness (QED) is 0.916. The molecule has 5 heteroatoms. The number of nitrogens with zero attached hydrogens (tertiary/aromatic N) is 1. The van der Waals surface area contributed by atoms with Crippen molar-refractivity contribution in [3.63, 3.8) is 0 Å². The monoisotopic (exact) mass is 339 g/mol. The third kappa shape index (κ3) is 3.20. The van der Waals surface area contributed by atoms with Crippen LogP contribution in [0.2, 0.25) is 0 Å². The van der Waals surface area contributed by atoms with Crippen molar-refractivity contribution in [3.05, 3.63) is 33.8 Å². The van der Waals surface area contributed by atoms with E-state index in [4.69, 9.17) is 5.11 Å². The molecule has 1 aliphatic rings. The van der Waals surface area contributed by atoms with E-state index >= 15 is 0 Å².